The van der Waals surface area contributed by atoms with Gasteiger partial charge in [0.1, 0.15) is 4.05 Å². The van der Waals surface area contributed by atoms with E-state index in [4.69, 9.17) is 0 Å². The fraction of sp³-hybridized carbons (Fsp3) is 0.857. The Bertz CT molecular complexity index is 144. The summed E-state index contributed by atoms with van der Waals surface area (Å²) in [5, 5.41) is 0. The number of rotatable bonds is 2. The Morgan fingerprint density at radius 1 is 1.60 bits per heavy atom. The SMILES string of the molecule is CC(C)(C)CC(I)N=C=O. The summed E-state index contributed by atoms with van der Waals surface area (Å²) in [7, 11) is 0. The van der Waals surface area contributed by atoms with E-state index >= 15 is 0 Å². The van der Waals surface area contributed by atoms with Gasteiger partial charge in [0, 0.05) is 0 Å². The van der Waals surface area contributed by atoms with Crippen LogP contribution in [0.3, 0.4) is 0 Å². The summed E-state index contributed by atoms with van der Waals surface area (Å²) >= 11 is 2.14. The van der Waals surface area contributed by atoms with E-state index in [-0.39, 0.29) is 9.46 Å². The third-order valence-electron chi connectivity index (χ3n) is 0.974. The van der Waals surface area contributed by atoms with Crippen molar-refractivity contribution in [2.24, 2.45) is 10.4 Å². The molecule has 0 fully saturated rings. The Kier molecular flexibility index (Phi) is 4.13. The fourth-order valence-electron chi connectivity index (χ4n) is 0.608. The van der Waals surface area contributed by atoms with E-state index in [9.17, 15) is 4.79 Å². The molecule has 0 aromatic heterocycles. The lowest BCUT2D eigenvalue weighted by atomic mass is 9.92. The number of carbonyl (C=O) groups excluding carboxylic acids is 1. The number of isocyanates is 1. The molecule has 0 N–H and O–H groups in total. The molecule has 0 bridgehead atoms. The highest BCUT2D eigenvalue weighted by molar-refractivity contribution is 14.1. The predicted octanol–water partition coefficient (Wildman–Crippen LogP) is 2.52. The molecular weight excluding hydrogens is 241 g/mol. The van der Waals surface area contributed by atoms with Crippen LogP contribution in [0, 0.1) is 5.41 Å². The first kappa shape index (κ1) is 10.1. The number of hydrogen-bond acceptors (Lipinski definition) is 2. The van der Waals surface area contributed by atoms with Crippen molar-refractivity contribution in [3.63, 3.8) is 0 Å². The zero-order valence-corrected chi connectivity index (χ0v) is 8.68. The van der Waals surface area contributed by atoms with Crippen LogP contribution in [-0.2, 0) is 4.79 Å². The average molecular weight is 253 g/mol. The van der Waals surface area contributed by atoms with Gasteiger partial charge in [0.15, 0.2) is 0 Å². The Labute approximate surface area is 75.2 Å². The van der Waals surface area contributed by atoms with Crippen molar-refractivity contribution in [2.45, 2.75) is 31.2 Å². The highest BCUT2D eigenvalue weighted by atomic mass is 127. The topological polar surface area (TPSA) is 29.4 Å². The lowest BCUT2D eigenvalue weighted by Gasteiger charge is -2.18. The smallest absolute Gasteiger partial charge is 0.211 e. The zero-order chi connectivity index (χ0) is 8.20. The number of hydrogen-bond donors (Lipinski definition) is 0. The molecule has 0 aliphatic heterocycles. The van der Waals surface area contributed by atoms with Crippen molar-refractivity contribution < 1.29 is 4.79 Å². The van der Waals surface area contributed by atoms with Crippen LogP contribution >= 0.6 is 22.6 Å². The van der Waals surface area contributed by atoms with Gasteiger partial charge in [-0.15, -0.1) is 0 Å². The van der Waals surface area contributed by atoms with Crippen molar-refractivity contribution in [3.8, 4) is 0 Å². The minimum Gasteiger partial charge on any atom is -0.211 e. The van der Waals surface area contributed by atoms with Crippen molar-refractivity contribution in [1.29, 1.82) is 0 Å². The van der Waals surface area contributed by atoms with E-state index < -0.39 is 0 Å². The second kappa shape index (κ2) is 4.09. The van der Waals surface area contributed by atoms with Crippen LogP contribution < -0.4 is 0 Å². The number of nitrogens with zero attached hydrogens (tertiary/aromatic N) is 1. The largest absolute Gasteiger partial charge is 0.236 e. The van der Waals surface area contributed by atoms with E-state index in [1.165, 1.54) is 0 Å². The van der Waals surface area contributed by atoms with Crippen LogP contribution in [0.5, 0.6) is 0 Å². The lowest BCUT2D eigenvalue weighted by Crippen LogP contribution is -2.10. The van der Waals surface area contributed by atoms with Crippen LogP contribution in [0.25, 0.3) is 0 Å². The molecule has 0 aliphatic rings. The van der Waals surface area contributed by atoms with Gasteiger partial charge in [0.05, 0.1) is 0 Å². The minimum atomic E-state index is 0.0788. The summed E-state index contributed by atoms with van der Waals surface area (Å²) in [6.07, 6.45) is 2.48. The quantitative estimate of drug-likeness (QED) is 0.244. The van der Waals surface area contributed by atoms with E-state index in [1.807, 2.05) is 0 Å². The maximum absolute atomic E-state index is 9.80. The molecule has 2 nitrogen and oxygen atoms in total. The molecule has 0 saturated carbocycles. The number of aliphatic imine (C=N–C) groups is 1. The molecule has 0 aliphatic carbocycles. The summed E-state index contributed by atoms with van der Waals surface area (Å²) < 4.78 is 0.0788. The molecule has 0 aromatic carbocycles. The van der Waals surface area contributed by atoms with Crippen LogP contribution in [0.2, 0.25) is 0 Å². The first-order chi connectivity index (χ1) is 4.45. The van der Waals surface area contributed by atoms with Crippen LogP contribution in [0.15, 0.2) is 4.99 Å². The molecule has 58 valence electrons. The lowest BCUT2D eigenvalue weighted by molar-refractivity contribution is 0.379. The molecule has 0 heterocycles. The van der Waals surface area contributed by atoms with Crippen molar-refractivity contribution in [3.05, 3.63) is 0 Å². The number of halogens is 1. The molecule has 1 atom stereocenters. The van der Waals surface area contributed by atoms with Gasteiger partial charge in [0.25, 0.3) is 0 Å². The zero-order valence-electron chi connectivity index (χ0n) is 6.52. The standard InChI is InChI=1S/C7H12INO/c1-7(2,3)4-6(8)9-5-10/h6H,4H2,1-3H3. The second-order valence-electron chi connectivity index (χ2n) is 3.42. The Hall–Kier alpha value is 0.110. The van der Waals surface area contributed by atoms with Gasteiger partial charge >= 0.3 is 0 Å². The molecule has 0 aromatic rings. The van der Waals surface area contributed by atoms with E-state index in [2.05, 4.69) is 48.4 Å². The fourth-order valence-corrected chi connectivity index (χ4v) is 2.04. The maximum atomic E-state index is 9.80. The molecule has 0 saturated heterocycles. The van der Waals surface area contributed by atoms with E-state index in [1.54, 1.807) is 6.08 Å². The molecule has 10 heavy (non-hydrogen) atoms. The van der Waals surface area contributed by atoms with Crippen LogP contribution in [0.1, 0.15) is 27.2 Å². The molecule has 0 amide bonds. The van der Waals surface area contributed by atoms with Gasteiger partial charge in [-0.2, -0.15) is 4.99 Å². The Balaban J connectivity index is 3.79. The Morgan fingerprint density at radius 3 is 2.40 bits per heavy atom. The summed E-state index contributed by atoms with van der Waals surface area (Å²) in [4.78, 5) is 13.4. The first-order valence-corrected chi connectivity index (χ1v) is 4.41. The summed E-state index contributed by atoms with van der Waals surface area (Å²) in [5.74, 6) is 0. The van der Waals surface area contributed by atoms with Crippen LogP contribution in [0.4, 0.5) is 0 Å². The minimum absolute atomic E-state index is 0.0788. The highest BCUT2D eigenvalue weighted by Crippen LogP contribution is 2.24. The monoisotopic (exact) mass is 253 g/mol. The summed E-state index contributed by atoms with van der Waals surface area (Å²) in [6, 6.07) is 0. The molecule has 0 radical (unpaired) electrons. The molecule has 3 heteroatoms. The first-order valence-electron chi connectivity index (χ1n) is 3.17. The van der Waals surface area contributed by atoms with Crippen molar-refractivity contribution in [2.75, 3.05) is 0 Å². The average Bonchev–Trinajstić information content (AvgIpc) is 1.59. The van der Waals surface area contributed by atoms with Crippen molar-refractivity contribution in [1.82, 2.24) is 0 Å². The third kappa shape index (κ3) is 6.23. The molecule has 0 spiro atoms. The van der Waals surface area contributed by atoms with Crippen molar-refractivity contribution >= 4 is 28.7 Å². The van der Waals surface area contributed by atoms with Gasteiger partial charge in [-0.3, -0.25) is 0 Å². The highest BCUT2D eigenvalue weighted by Gasteiger charge is 2.14. The van der Waals surface area contributed by atoms with E-state index in [0.717, 1.165) is 6.42 Å². The third-order valence-corrected chi connectivity index (χ3v) is 1.69. The van der Waals surface area contributed by atoms with Crippen LogP contribution in [-0.4, -0.2) is 10.1 Å². The van der Waals surface area contributed by atoms with Gasteiger partial charge in [-0.05, 0) is 11.8 Å². The molecular formula is C7H12INO. The Morgan fingerprint density at radius 2 is 2.10 bits per heavy atom. The maximum Gasteiger partial charge on any atom is 0.236 e. The predicted molar refractivity (Wildman–Crippen MR) is 50.0 cm³/mol. The normalized spacial score (nSPS) is 14.0. The van der Waals surface area contributed by atoms with E-state index in [0.29, 0.717) is 0 Å². The number of alkyl halides is 1. The van der Waals surface area contributed by atoms with Gasteiger partial charge in [0.2, 0.25) is 6.08 Å². The molecule has 0 rings (SSSR count). The summed E-state index contributed by atoms with van der Waals surface area (Å²) in [6.45, 7) is 6.37. The van der Waals surface area contributed by atoms with Gasteiger partial charge in [-0.25, -0.2) is 4.79 Å². The molecule has 1 unspecified atom stereocenters. The van der Waals surface area contributed by atoms with Gasteiger partial charge in [-0.1, -0.05) is 43.4 Å². The second-order valence-corrected chi connectivity index (χ2v) is 4.86. The van der Waals surface area contributed by atoms with Gasteiger partial charge < -0.3 is 0 Å². The summed E-state index contributed by atoms with van der Waals surface area (Å²) in [5.41, 5.74) is 0.242.